The lowest BCUT2D eigenvalue weighted by molar-refractivity contribution is -0.140. The number of nitrogens with zero attached hydrogens (tertiary/aromatic N) is 1. The molecule has 0 fully saturated rings. The van der Waals surface area contributed by atoms with E-state index >= 15 is 0 Å². The number of benzene rings is 1. The number of aromatic hydroxyl groups is 1. The first-order valence-electron chi connectivity index (χ1n) is 10.4. The topological polar surface area (TPSA) is 140 Å². The molecule has 1 aromatic heterocycles. The van der Waals surface area contributed by atoms with Gasteiger partial charge in [-0.3, -0.25) is 14.4 Å². The SMILES string of the molecule is COc1ccnc(C(=O)NC(CC=O)C(=O)C(=O)[C@@H](C)C[C@@H](C=O)Cc2ccccc2)c1O. The monoisotopic (exact) mass is 454 g/mol. The summed E-state index contributed by atoms with van der Waals surface area (Å²) in [5.41, 5.74) is 0.514. The Morgan fingerprint density at radius 1 is 1.12 bits per heavy atom. The van der Waals surface area contributed by atoms with Crippen LogP contribution in [0, 0.1) is 11.8 Å². The van der Waals surface area contributed by atoms with Crippen molar-refractivity contribution in [3.8, 4) is 11.5 Å². The summed E-state index contributed by atoms with van der Waals surface area (Å²) in [4.78, 5) is 64.4. The van der Waals surface area contributed by atoms with E-state index in [2.05, 4.69) is 10.3 Å². The molecule has 174 valence electrons. The summed E-state index contributed by atoms with van der Waals surface area (Å²) in [6, 6.07) is 9.18. The number of pyridine rings is 1. The van der Waals surface area contributed by atoms with Crippen molar-refractivity contribution >= 4 is 30.0 Å². The fourth-order valence-electron chi connectivity index (χ4n) is 3.40. The van der Waals surface area contributed by atoms with Crippen LogP contribution in [0.3, 0.4) is 0 Å². The summed E-state index contributed by atoms with van der Waals surface area (Å²) < 4.78 is 4.92. The van der Waals surface area contributed by atoms with E-state index in [-0.39, 0.29) is 12.2 Å². The molecule has 0 aliphatic carbocycles. The second-order valence-corrected chi connectivity index (χ2v) is 7.59. The maximum absolute atomic E-state index is 12.8. The summed E-state index contributed by atoms with van der Waals surface area (Å²) in [5, 5.41) is 12.4. The van der Waals surface area contributed by atoms with Crippen LogP contribution in [-0.2, 0) is 25.6 Å². The van der Waals surface area contributed by atoms with Crippen molar-refractivity contribution in [3.05, 3.63) is 53.9 Å². The third-order valence-corrected chi connectivity index (χ3v) is 5.16. The number of aromatic nitrogens is 1. The zero-order chi connectivity index (χ0) is 24.4. The van der Waals surface area contributed by atoms with Crippen LogP contribution < -0.4 is 10.1 Å². The Balaban J connectivity index is 2.09. The number of methoxy groups -OCH3 is 1. The molecule has 0 spiro atoms. The molecule has 9 heteroatoms. The summed E-state index contributed by atoms with van der Waals surface area (Å²) in [6.45, 7) is 1.52. The number of nitrogens with one attached hydrogen (secondary N) is 1. The van der Waals surface area contributed by atoms with Crippen LogP contribution >= 0.6 is 0 Å². The van der Waals surface area contributed by atoms with E-state index < -0.39 is 53.2 Å². The van der Waals surface area contributed by atoms with Crippen LogP contribution in [0.2, 0.25) is 0 Å². The highest BCUT2D eigenvalue weighted by atomic mass is 16.5. The molecule has 2 N–H and O–H groups in total. The van der Waals surface area contributed by atoms with Crippen molar-refractivity contribution in [3.63, 3.8) is 0 Å². The Labute approximate surface area is 191 Å². The maximum Gasteiger partial charge on any atom is 0.274 e. The minimum absolute atomic E-state index is 0.00330. The largest absolute Gasteiger partial charge is 0.503 e. The highest BCUT2D eigenvalue weighted by Gasteiger charge is 2.32. The number of ether oxygens (including phenoxy) is 1. The third-order valence-electron chi connectivity index (χ3n) is 5.16. The van der Waals surface area contributed by atoms with Crippen LogP contribution in [-0.4, -0.2) is 53.3 Å². The first kappa shape index (κ1) is 25.4. The number of aldehydes is 2. The first-order chi connectivity index (χ1) is 15.8. The second kappa shape index (κ2) is 12.2. The van der Waals surface area contributed by atoms with Crippen LogP contribution in [0.25, 0.3) is 0 Å². The van der Waals surface area contributed by atoms with Gasteiger partial charge in [0.1, 0.15) is 18.6 Å². The molecule has 1 aromatic carbocycles. The number of hydrogen-bond donors (Lipinski definition) is 2. The van der Waals surface area contributed by atoms with Gasteiger partial charge in [-0.15, -0.1) is 0 Å². The highest BCUT2D eigenvalue weighted by Crippen LogP contribution is 2.27. The number of ketones is 2. The number of rotatable bonds is 13. The van der Waals surface area contributed by atoms with Crippen molar-refractivity contribution in [1.82, 2.24) is 10.3 Å². The summed E-state index contributed by atoms with van der Waals surface area (Å²) in [5.74, 6) is -4.52. The molecule has 0 bridgehead atoms. The normalized spacial score (nSPS) is 13.3. The molecule has 0 radical (unpaired) electrons. The van der Waals surface area contributed by atoms with Gasteiger partial charge in [0.05, 0.1) is 7.11 Å². The number of carbonyl (C=O) groups is 5. The van der Waals surface area contributed by atoms with Crippen molar-refractivity contribution in [2.24, 2.45) is 11.8 Å². The van der Waals surface area contributed by atoms with Crippen molar-refractivity contribution in [1.29, 1.82) is 0 Å². The molecule has 1 heterocycles. The Morgan fingerprint density at radius 2 is 1.82 bits per heavy atom. The van der Waals surface area contributed by atoms with Gasteiger partial charge in [0.15, 0.2) is 17.2 Å². The Morgan fingerprint density at radius 3 is 2.42 bits per heavy atom. The lowest BCUT2D eigenvalue weighted by Gasteiger charge is -2.19. The van der Waals surface area contributed by atoms with Crippen LogP contribution in [0.5, 0.6) is 11.5 Å². The summed E-state index contributed by atoms with van der Waals surface area (Å²) in [7, 11) is 1.29. The van der Waals surface area contributed by atoms with Crippen LogP contribution in [0.15, 0.2) is 42.6 Å². The number of hydrogen-bond acceptors (Lipinski definition) is 8. The van der Waals surface area contributed by atoms with Gasteiger partial charge < -0.3 is 24.7 Å². The van der Waals surface area contributed by atoms with Crippen molar-refractivity contribution in [2.75, 3.05) is 7.11 Å². The molecule has 2 aromatic rings. The highest BCUT2D eigenvalue weighted by molar-refractivity contribution is 6.40. The van der Waals surface area contributed by atoms with Gasteiger partial charge >= 0.3 is 0 Å². The van der Waals surface area contributed by atoms with E-state index in [1.165, 1.54) is 26.3 Å². The molecule has 9 nitrogen and oxygen atoms in total. The van der Waals surface area contributed by atoms with Gasteiger partial charge in [-0.2, -0.15) is 0 Å². The third kappa shape index (κ3) is 6.80. The standard InChI is InChI=1S/C24H26N2O7/c1-15(12-17(14-28)13-16-6-4-3-5-7-16)21(29)22(30)18(9-11-27)26-24(32)20-23(31)19(33-2)8-10-25-20/h3-8,10-11,14-15,17-18,31H,9,12-13H2,1-2H3,(H,26,32)/t15-,17+,18?/m0/s1. The lowest BCUT2D eigenvalue weighted by Crippen LogP contribution is -2.46. The summed E-state index contributed by atoms with van der Waals surface area (Å²) >= 11 is 0. The van der Waals surface area contributed by atoms with Crippen LogP contribution in [0.1, 0.15) is 35.8 Å². The van der Waals surface area contributed by atoms with Gasteiger partial charge in [-0.05, 0) is 18.4 Å². The van der Waals surface area contributed by atoms with E-state index in [0.29, 0.717) is 12.7 Å². The molecule has 2 rings (SSSR count). The Bertz CT molecular complexity index is 1010. The molecular formula is C24H26N2O7. The minimum atomic E-state index is -1.43. The van der Waals surface area contributed by atoms with Gasteiger partial charge in [-0.25, -0.2) is 4.98 Å². The molecular weight excluding hydrogens is 428 g/mol. The lowest BCUT2D eigenvalue weighted by atomic mass is 9.86. The predicted octanol–water partition coefficient (Wildman–Crippen LogP) is 1.71. The molecule has 3 atom stereocenters. The van der Waals surface area contributed by atoms with Gasteiger partial charge in [0, 0.05) is 30.5 Å². The molecule has 33 heavy (non-hydrogen) atoms. The molecule has 0 aliphatic heterocycles. The maximum atomic E-state index is 12.8. The van der Waals surface area contributed by atoms with Gasteiger partial charge in [-0.1, -0.05) is 37.3 Å². The van der Waals surface area contributed by atoms with E-state index in [1.807, 2.05) is 30.3 Å². The Hall–Kier alpha value is -3.88. The van der Waals surface area contributed by atoms with E-state index in [4.69, 9.17) is 4.74 Å². The zero-order valence-corrected chi connectivity index (χ0v) is 18.4. The van der Waals surface area contributed by atoms with Gasteiger partial charge in [0.2, 0.25) is 11.6 Å². The quantitative estimate of drug-likeness (QED) is 0.344. The molecule has 0 saturated carbocycles. The molecule has 1 unspecified atom stereocenters. The molecule has 0 aliphatic rings. The smallest absolute Gasteiger partial charge is 0.274 e. The zero-order valence-electron chi connectivity index (χ0n) is 18.4. The number of carbonyl (C=O) groups excluding carboxylic acids is 5. The molecule has 0 saturated heterocycles. The minimum Gasteiger partial charge on any atom is -0.503 e. The number of Topliss-reactive ketones (excluding diaryl/α,β-unsaturated/α-hetero) is 2. The first-order valence-corrected chi connectivity index (χ1v) is 10.4. The average Bonchev–Trinajstić information content (AvgIpc) is 2.82. The molecule has 1 amide bonds. The fraction of sp³-hybridized carbons (Fsp3) is 0.333. The van der Waals surface area contributed by atoms with E-state index in [1.54, 1.807) is 0 Å². The number of amides is 1. The van der Waals surface area contributed by atoms with E-state index in [0.717, 1.165) is 11.8 Å². The van der Waals surface area contributed by atoms with Gasteiger partial charge in [0.25, 0.3) is 5.91 Å². The Kier molecular flexibility index (Phi) is 9.41. The second-order valence-electron chi connectivity index (χ2n) is 7.59. The summed E-state index contributed by atoms with van der Waals surface area (Å²) in [6.07, 6.45) is 2.51. The van der Waals surface area contributed by atoms with E-state index in [9.17, 15) is 29.1 Å². The average molecular weight is 454 g/mol. The fourth-order valence-corrected chi connectivity index (χ4v) is 3.40. The predicted molar refractivity (Wildman–Crippen MR) is 118 cm³/mol. The van der Waals surface area contributed by atoms with Crippen molar-refractivity contribution < 1.29 is 33.8 Å². The van der Waals surface area contributed by atoms with Crippen molar-refractivity contribution in [2.45, 2.75) is 32.2 Å². The van der Waals surface area contributed by atoms with Crippen LogP contribution in [0.4, 0.5) is 0 Å².